The van der Waals surface area contributed by atoms with Gasteiger partial charge in [-0.2, -0.15) is 0 Å². The molecule has 0 aromatic heterocycles. The SMILES string of the molecule is Cl.ClCCC1CCN(Cc2ccccc2)CC1. The van der Waals surface area contributed by atoms with Gasteiger partial charge in [-0.25, -0.2) is 0 Å². The number of rotatable bonds is 4. The first-order chi connectivity index (χ1) is 7.88. The maximum Gasteiger partial charge on any atom is 0.0233 e. The minimum atomic E-state index is 0. The van der Waals surface area contributed by atoms with Crippen molar-refractivity contribution < 1.29 is 0 Å². The Balaban J connectivity index is 0.00000144. The normalized spacial score (nSPS) is 17.7. The van der Waals surface area contributed by atoms with E-state index >= 15 is 0 Å². The van der Waals surface area contributed by atoms with E-state index in [0.717, 1.165) is 18.3 Å². The number of benzene rings is 1. The van der Waals surface area contributed by atoms with Gasteiger partial charge in [-0.05, 0) is 43.8 Å². The van der Waals surface area contributed by atoms with Gasteiger partial charge in [-0.1, -0.05) is 30.3 Å². The van der Waals surface area contributed by atoms with Gasteiger partial charge >= 0.3 is 0 Å². The minimum absolute atomic E-state index is 0. The third-order valence-electron chi connectivity index (χ3n) is 3.47. The van der Waals surface area contributed by atoms with Crippen LogP contribution in [-0.4, -0.2) is 23.9 Å². The second-order valence-corrected chi connectivity index (χ2v) is 5.06. The molecule has 1 aliphatic rings. The fourth-order valence-corrected chi connectivity index (χ4v) is 2.74. The van der Waals surface area contributed by atoms with Gasteiger partial charge in [-0.15, -0.1) is 24.0 Å². The van der Waals surface area contributed by atoms with Crippen LogP contribution in [0.15, 0.2) is 30.3 Å². The third-order valence-corrected chi connectivity index (χ3v) is 3.69. The molecule has 96 valence electrons. The summed E-state index contributed by atoms with van der Waals surface area (Å²) >= 11 is 5.79. The molecule has 0 radical (unpaired) electrons. The Morgan fingerprint density at radius 1 is 1.12 bits per heavy atom. The first-order valence-corrected chi connectivity index (χ1v) is 6.74. The molecule has 1 saturated heterocycles. The number of alkyl halides is 1. The molecular weight excluding hydrogens is 253 g/mol. The molecule has 17 heavy (non-hydrogen) atoms. The monoisotopic (exact) mass is 273 g/mol. The Bertz CT molecular complexity index is 294. The molecule has 2 rings (SSSR count). The average Bonchev–Trinajstić information content (AvgIpc) is 2.33. The van der Waals surface area contributed by atoms with Gasteiger partial charge in [0.1, 0.15) is 0 Å². The summed E-state index contributed by atoms with van der Waals surface area (Å²) in [6.07, 6.45) is 3.83. The first kappa shape index (κ1) is 14.8. The highest BCUT2D eigenvalue weighted by Gasteiger charge is 2.18. The lowest BCUT2D eigenvalue weighted by Crippen LogP contribution is -2.33. The molecule has 0 amide bonds. The molecule has 0 aliphatic carbocycles. The van der Waals surface area contributed by atoms with Crippen LogP contribution in [0.4, 0.5) is 0 Å². The lowest BCUT2D eigenvalue weighted by Gasteiger charge is -2.31. The fourth-order valence-electron chi connectivity index (χ4n) is 2.43. The summed E-state index contributed by atoms with van der Waals surface area (Å²) < 4.78 is 0. The summed E-state index contributed by atoms with van der Waals surface area (Å²) in [5.74, 6) is 1.69. The topological polar surface area (TPSA) is 3.24 Å². The highest BCUT2D eigenvalue weighted by Crippen LogP contribution is 2.21. The Kier molecular flexibility index (Phi) is 6.94. The number of halogens is 2. The summed E-state index contributed by atoms with van der Waals surface area (Å²) in [6.45, 7) is 3.57. The van der Waals surface area contributed by atoms with Crippen molar-refractivity contribution in [3.63, 3.8) is 0 Å². The maximum absolute atomic E-state index is 5.79. The number of nitrogens with zero attached hydrogens (tertiary/aromatic N) is 1. The van der Waals surface area contributed by atoms with E-state index in [1.165, 1.54) is 37.9 Å². The van der Waals surface area contributed by atoms with Crippen molar-refractivity contribution >= 4 is 24.0 Å². The summed E-state index contributed by atoms with van der Waals surface area (Å²) in [7, 11) is 0. The molecule has 0 atom stereocenters. The van der Waals surface area contributed by atoms with Crippen LogP contribution in [0.5, 0.6) is 0 Å². The first-order valence-electron chi connectivity index (χ1n) is 6.20. The highest BCUT2D eigenvalue weighted by atomic mass is 35.5. The third kappa shape index (κ3) is 4.87. The quantitative estimate of drug-likeness (QED) is 0.751. The van der Waals surface area contributed by atoms with Crippen molar-refractivity contribution in [2.24, 2.45) is 5.92 Å². The lowest BCUT2D eigenvalue weighted by atomic mass is 9.94. The Morgan fingerprint density at radius 2 is 1.76 bits per heavy atom. The van der Waals surface area contributed by atoms with Gasteiger partial charge in [0, 0.05) is 12.4 Å². The maximum atomic E-state index is 5.79. The van der Waals surface area contributed by atoms with Crippen molar-refractivity contribution in [3.05, 3.63) is 35.9 Å². The molecule has 1 aliphatic heterocycles. The molecule has 1 aromatic rings. The second-order valence-electron chi connectivity index (χ2n) is 4.68. The summed E-state index contributed by atoms with van der Waals surface area (Å²) in [6, 6.07) is 10.7. The number of piperidine rings is 1. The van der Waals surface area contributed by atoms with Crippen LogP contribution >= 0.6 is 24.0 Å². The summed E-state index contributed by atoms with van der Waals surface area (Å²) in [5, 5.41) is 0. The summed E-state index contributed by atoms with van der Waals surface area (Å²) in [4.78, 5) is 2.56. The largest absolute Gasteiger partial charge is 0.299 e. The lowest BCUT2D eigenvalue weighted by molar-refractivity contribution is 0.175. The molecule has 0 bridgehead atoms. The van der Waals surface area contributed by atoms with Crippen molar-refractivity contribution in [1.29, 1.82) is 0 Å². The summed E-state index contributed by atoms with van der Waals surface area (Å²) in [5.41, 5.74) is 1.43. The van der Waals surface area contributed by atoms with Gasteiger partial charge < -0.3 is 0 Å². The Hall–Kier alpha value is -0.240. The molecule has 1 aromatic carbocycles. The van der Waals surface area contributed by atoms with E-state index in [1.54, 1.807) is 0 Å². The second kappa shape index (κ2) is 7.97. The van der Waals surface area contributed by atoms with Crippen LogP contribution in [0.1, 0.15) is 24.8 Å². The van der Waals surface area contributed by atoms with E-state index in [9.17, 15) is 0 Å². The molecule has 3 heteroatoms. The molecule has 1 nitrogen and oxygen atoms in total. The van der Waals surface area contributed by atoms with E-state index in [4.69, 9.17) is 11.6 Å². The van der Waals surface area contributed by atoms with Crippen LogP contribution in [0.2, 0.25) is 0 Å². The minimum Gasteiger partial charge on any atom is -0.299 e. The molecule has 0 saturated carbocycles. The van der Waals surface area contributed by atoms with E-state index in [0.29, 0.717) is 0 Å². The smallest absolute Gasteiger partial charge is 0.0233 e. The number of hydrogen-bond donors (Lipinski definition) is 0. The van der Waals surface area contributed by atoms with Gasteiger partial charge in [0.05, 0.1) is 0 Å². The Morgan fingerprint density at radius 3 is 2.35 bits per heavy atom. The highest BCUT2D eigenvalue weighted by molar-refractivity contribution is 6.17. The number of hydrogen-bond acceptors (Lipinski definition) is 1. The van der Waals surface area contributed by atoms with E-state index in [-0.39, 0.29) is 12.4 Å². The molecular formula is C14H21Cl2N. The molecule has 1 fully saturated rings. The molecule has 0 spiro atoms. The van der Waals surface area contributed by atoms with Crippen molar-refractivity contribution in [1.82, 2.24) is 4.90 Å². The zero-order valence-corrected chi connectivity index (χ0v) is 11.7. The van der Waals surface area contributed by atoms with E-state index < -0.39 is 0 Å². The van der Waals surface area contributed by atoms with Crippen LogP contribution < -0.4 is 0 Å². The van der Waals surface area contributed by atoms with E-state index in [1.807, 2.05) is 0 Å². The molecule has 0 N–H and O–H groups in total. The van der Waals surface area contributed by atoms with Gasteiger partial charge in [-0.3, -0.25) is 4.90 Å². The zero-order valence-electron chi connectivity index (χ0n) is 10.1. The average molecular weight is 274 g/mol. The predicted octanol–water partition coefficient (Wildman–Crippen LogP) is 3.95. The number of likely N-dealkylation sites (tertiary alicyclic amines) is 1. The standard InChI is InChI=1S/C14H20ClN.ClH/c15-9-6-13-7-10-16(11-8-13)12-14-4-2-1-3-5-14;/h1-5,13H,6-12H2;1H. The Labute approximate surface area is 116 Å². The van der Waals surface area contributed by atoms with Gasteiger partial charge in [0.15, 0.2) is 0 Å². The van der Waals surface area contributed by atoms with Crippen LogP contribution in [0.3, 0.4) is 0 Å². The van der Waals surface area contributed by atoms with Crippen molar-refractivity contribution in [3.8, 4) is 0 Å². The predicted molar refractivity (Wildman–Crippen MR) is 77.0 cm³/mol. The van der Waals surface area contributed by atoms with E-state index in [2.05, 4.69) is 35.2 Å². The van der Waals surface area contributed by atoms with Gasteiger partial charge in [0.25, 0.3) is 0 Å². The fraction of sp³-hybridized carbons (Fsp3) is 0.571. The van der Waals surface area contributed by atoms with Crippen molar-refractivity contribution in [2.75, 3.05) is 19.0 Å². The van der Waals surface area contributed by atoms with Crippen molar-refractivity contribution in [2.45, 2.75) is 25.8 Å². The molecule has 0 unspecified atom stereocenters. The molecule has 1 heterocycles. The van der Waals surface area contributed by atoms with Crippen LogP contribution in [0, 0.1) is 5.92 Å². The van der Waals surface area contributed by atoms with Crippen LogP contribution in [-0.2, 0) is 6.54 Å². The van der Waals surface area contributed by atoms with Gasteiger partial charge in [0.2, 0.25) is 0 Å². The zero-order chi connectivity index (χ0) is 11.2. The van der Waals surface area contributed by atoms with Crippen LogP contribution in [0.25, 0.3) is 0 Å².